The van der Waals surface area contributed by atoms with Crippen LogP contribution in [0.3, 0.4) is 0 Å². The lowest BCUT2D eigenvalue weighted by atomic mass is 10.1. The molecule has 1 unspecified atom stereocenters. The first-order valence-electron chi connectivity index (χ1n) is 5.70. The number of carboxylic acid groups (broad SMARTS) is 1. The Kier molecular flexibility index (Phi) is 3.93. The predicted octanol–water partition coefficient (Wildman–Crippen LogP) is -1.04. The second-order valence-corrected chi connectivity index (χ2v) is 5.28. The zero-order valence-electron chi connectivity index (χ0n) is 9.92. The number of imide groups is 1. The van der Waals surface area contributed by atoms with Gasteiger partial charge in [-0.1, -0.05) is 0 Å². The van der Waals surface area contributed by atoms with E-state index >= 15 is 0 Å². The predicted molar refractivity (Wildman–Crippen MR) is 65.3 cm³/mol. The Morgan fingerprint density at radius 2 is 2.16 bits per heavy atom. The molecule has 0 aliphatic carbocycles. The van der Waals surface area contributed by atoms with Crippen molar-refractivity contribution in [3.05, 3.63) is 0 Å². The van der Waals surface area contributed by atoms with E-state index in [4.69, 9.17) is 5.11 Å². The molecule has 104 valence electrons. The summed E-state index contributed by atoms with van der Waals surface area (Å²) in [4.78, 5) is 46.5. The highest BCUT2D eigenvalue weighted by Crippen LogP contribution is 2.21. The first-order valence-corrected chi connectivity index (χ1v) is 6.86. The molecule has 0 bridgehead atoms. The number of rotatable bonds is 2. The van der Waals surface area contributed by atoms with Gasteiger partial charge in [-0.25, -0.2) is 9.59 Å². The lowest BCUT2D eigenvalue weighted by Crippen LogP contribution is -2.56. The van der Waals surface area contributed by atoms with E-state index in [-0.39, 0.29) is 24.6 Å². The van der Waals surface area contributed by atoms with Crippen LogP contribution in [0.1, 0.15) is 12.8 Å². The van der Waals surface area contributed by atoms with Gasteiger partial charge in [-0.2, -0.15) is 0 Å². The Labute approximate surface area is 112 Å². The fourth-order valence-electron chi connectivity index (χ4n) is 1.91. The van der Waals surface area contributed by atoms with Crippen LogP contribution < -0.4 is 10.6 Å². The van der Waals surface area contributed by atoms with Gasteiger partial charge >= 0.3 is 12.0 Å². The summed E-state index contributed by atoms with van der Waals surface area (Å²) in [6.45, 7) is 0. The number of aliphatic carboxylic acids is 1. The summed E-state index contributed by atoms with van der Waals surface area (Å²) in [5.41, 5.74) is 0. The Morgan fingerprint density at radius 3 is 2.79 bits per heavy atom. The zero-order chi connectivity index (χ0) is 14.0. The normalized spacial score (nSPS) is 27.1. The van der Waals surface area contributed by atoms with Crippen molar-refractivity contribution in [1.29, 1.82) is 0 Å². The molecule has 2 rings (SSSR count). The monoisotopic (exact) mass is 287 g/mol. The van der Waals surface area contributed by atoms with Crippen molar-refractivity contribution >= 4 is 35.6 Å². The standard InChI is InChI=1S/C10H13N3O5S/c14-7-2-1-5(8(15)12-7)11-10(18)13-4-19-3-6(13)9(16)17/h5-6H,1-4H2,(H,11,18)(H,16,17)(H,12,14,15)/t5?,6-/m0/s1. The quantitative estimate of drug-likeness (QED) is 0.559. The molecular weight excluding hydrogens is 274 g/mol. The summed E-state index contributed by atoms with van der Waals surface area (Å²) in [7, 11) is 0. The van der Waals surface area contributed by atoms with Gasteiger partial charge in [0.1, 0.15) is 12.1 Å². The zero-order valence-corrected chi connectivity index (χ0v) is 10.7. The van der Waals surface area contributed by atoms with E-state index in [2.05, 4.69) is 10.6 Å². The van der Waals surface area contributed by atoms with E-state index in [1.165, 1.54) is 16.7 Å². The molecule has 19 heavy (non-hydrogen) atoms. The van der Waals surface area contributed by atoms with Crippen molar-refractivity contribution in [3.63, 3.8) is 0 Å². The van der Waals surface area contributed by atoms with Crippen LogP contribution in [0.25, 0.3) is 0 Å². The maximum absolute atomic E-state index is 11.9. The van der Waals surface area contributed by atoms with Gasteiger partial charge in [0, 0.05) is 12.2 Å². The molecule has 2 saturated heterocycles. The highest BCUT2D eigenvalue weighted by atomic mass is 32.2. The van der Waals surface area contributed by atoms with Gasteiger partial charge in [0.2, 0.25) is 11.8 Å². The first kappa shape index (κ1) is 13.7. The molecule has 8 nitrogen and oxygen atoms in total. The number of carbonyl (C=O) groups excluding carboxylic acids is 3. The number of nitrogens with zero attached hydrogens (tertiary/aromatic N) is 1. The van der Waals surface area contributed by atoms with Crippen LogP contribution in [-0.2, 0) is 14.4 Å². The molecule has 9 heteroatoms. The van der Waals surface area contributed by atoms with Crippen molar-refractivity contribution in [2.24, 2.45) is 0 Å². The Hall–Kier alpha value is -1.77. The van der Waals surface area contributed by atoms with Crippen molar-refractivity contribution < 1.29 is 24.3 Å². The van der Waals surface area contributed by atoms with Crippen LogP contribution in [0.5, 0.6) is 0 Å². The van der Waals surface area contributed by atoms with Crippen LogP contribution in [-0.4, -0.2) is 57.5 Å². The molecule has 0 spiro atoms. The lowest BCUT2D eigenvalue weighted by Gasteiger charge is -2.26. The molecule has 2 fully saturated rings. The summed E-state index contributed by atoms with van der Waals surface area (Å²) in [5.74, 6) is -1.38. The van der Waals surface area contributed by atoms with E-state index < -0.39 is 30.0 Å². The van der Waals surface area contributed by atoms with Gasteiger partial charge in [0.05, 0.1) is 5.88 Å². The number of piperidine rings is 1. The number of hydrogen-bond acceptors (Lipinski definition) is 5. The molecular formula is C10H13N3O5S. The summed E-state index contributed by atoms with van der Waals surface area (Å²) < 4.78 is 0. The molecule has 0 radical (unpaired) electrons. The van der Waals surface area contributed by atoms with Gasteiger partial charge in [0.15, 0.2) is 0 Å². The Balaban J connectivity index is 1.95. The Bertz CT molecular complexity index is 441. The molecule has 0 aromatic carbocycles. The van der Waals surface area contributed by atoms with Gasteiger partial charge in [0.25, 0.3) is 0 Å². The fourth-order valence-corrected chi connectivity index (χ4v) is 3.06. The summed E-state index contributed by atoms with van der Waals surface area (Å²) in [5, 5.41) is 13.6. The molecule has 3 N–H and O–H groups in total. The number of carboxylic acids is 1. The first-order chi connectivity index (χ1) is 8.99. The average molecular weight is 287 g/mol. The number of nitrogens with one attached hydrogen (secondary N) is 2. The lowest BCUT2D eigenvalue weighted by molar-refractivity contribution is -0.140. The summed E-state index contributed by atoms with van der Waals surface area (Å²) >= 11 is 1.34. The smallest absolute Gasteiger partial charge is 0.327 e. The van der Waals surface area contributed by atoms with Crippen molar-refractivity contribution in [2.75, 3.05) is 11.6 Å². The number of carbonyl (C=O) groups is 4. The minimum Gasteiger partial charge on any atom is -0.480 e. The highest BCUT2D eigenvalue weighted by molar-refractivity contribution is 7.99. The molecule has 0 aromatic rings. The molecule has 2 heterocycles. The van der Waals surface area contributed by atoms with Crippen molar-refractivity contribution in [3.8, 4) is 0 Å². The number of thioether (sulfide) groups is 1. The SMILES string of the molecule is O=C1CCC(NC(=O)N2CSC[C@H]2C(=O)O)C(=O)N1. The van der Waals surface area contributed by atoms with Crippen LogP contribution in [0.15, 0.2) is 0 Å². The van der Waals surface area contributed by atoms with Crippen LogP contribution >= 0.6 is 11.8 Å². The molecule has 4 amide bonds. The maximum Gasteiger partial charge on any atom is 0.327 e. The van der Waals surface area contributed by atoms with Gasteiger partial charge in [-0.15, -0.1) is 11.8 Å². The average Bonchev–Trinajstić information content (AvgIpc) is 2.82. The molecule has 0 saturated carbocycles. The highest BCUT2D eigenvalue weighted by Gasteiger charge is 2.37. The number of urea groups is 1. The van der Waals surface area contributed by atoms with Crippen LogP contribution in [0.2, 0.25) is 0 Å². The third-order valence-electron chi connectivity index (χ3n) is 2.97. The van der Waals surface area contributed by atoms with Crippen LogP contribution in [0.4, 0.5) is 4.79 Å². The van der Waals surface area contributed by atoms with Crippen molar-refractivity contribution in [2.45, 2.75) is 24.9 Å². The maximum atomic E-state index is 11.9. The minimum atomic E-state index is -1.07. The van der Waals surface area contributed by atoms with E-state index in [1.54, 1.807) is 0 Å². The molecule has 0 aromatic heterocycles. The van der Waals surface area contributed by atoms with Crippen molar-refractivity contribution in [1.82, 2.24) is 15.5 Å². The second kappa shape index (κ2) is 5.47. The summed E-state index contributed by atoms with van der Waals surface area (Å²) in [6, 6.07) is -2.25. The topological polar surface area (TPSA) is 116 Å². The third kappa shape index (κ3) is 2.98. The largest absolute Gasteiger partial charge is 0.480 e. The number of amides is 4. The molecule has 2 atom stereocenters. The fraction of sp³-hybridized carbons (Fsp3) is 0.600. The van der Waals surface area contributed by atoms with Gasteiger partial charge in [-0.3, -0.25) is 14.9 Å². The van der Waals surface area contributed by atoms with Gasteiger partial charge in [-0.05, 0) is 6.42 Å². The third-order valence-corrected chi connectivity index (χ3v) is 3.98. The second-order valence-electron chi connectivity index (χ2n) is 4.28. The number of hydrogen-bond donors (Lipinski definition) is 3. The molecule has 2 aliphatic heterocycles. The summed E-state index contributed by atoms with van der Waals surface area (Å²) in [6.07, 6.45) is 0.392. The minimum absolute atomic E-state index is 0.161. The van der Waals surface area contributed by atoms with E-state index in [9.17, 15) is 19.2 Å². The van der Waals surface area contributed by atoms with Gasteiger partial charge < -0.3 is 15.3 Å². The van der Waals surface area contributed by atoms with E-state index in [0.29, 0.717) is 5.75 Å². The van der Waals surface area contributed by atoms with E-state index in [1.807, 2.05) is 0 Å². The van der Waals surface area contributed by atoms with E-state index in [0.717, 1.165) is 0 Å². The molecule has 2 aliphatic rings. The van der Waals surface area contributed by atoms with Crippen LogP contribution in [0, 0.1) is 0 Å². The Morgan fingerprint density at radius 1 is 1.42 bits per heavy atom.